The van der Waals surface area contributed by atoms with Crippen molar-refractivity contribution in [1.82, 2.24) is 18.9 Å². The highest BCUT2D eigenvalue weighted by Crippen LogP contribution is 2.36. The van der Waals surface area contributed by atoms with Crippen LogP contribution in [-0.2, 0) is 10.0 Å². The van der Waals surface area contributed by atoms with Gasteiger partial charge < -0.3 is 9.72 Å². The van der Waals surface area contributed by atoms with Crippen LogP contribution in [0.2, 0.25) is 5.28 Å². The Morgan fingerprint density at radius 3 is 2.55 bits per heavy atom. The lowest BCUT2D eigenvalue weighted by atomic mass is 10.1. The van der Waals surface area contributed by atoms with Gasteiger partial charge in [0.2, 0.25) is 5.28 Å². The van der Waals surface area contributed by atoms with Gasteiger partial charge in [0, 0.05) is 28.7 Å². The number of aromatic amines is 1. The van der Waals surface area contributed by atoms with Crippen molar-refractivity contribution in [3.05, 3.63) is 71.8 Å². The van der Waals surface area contributed by atoms with Gasteiger partial charge in [-0.25, -0.2) is 17.4 Å². The zero-order valence-electron chi connectivity index (χ0n) is 16.6. The van der Waals surface area contributed by atoms with Crippen LogP contribution in [0.25, 0.3) is 33.2 Å². The molecule has 0 aliphatic heterocycles. The highest BCUT2D eigenvalue weighted by Gasteiger charge is 2.23. The number of halogens is 1. The molecule has 2 aromatic carbocycles. The summed E-state index contributed by atoms with van der Waals surface area (Å²) >= 11 is 6.23. The van der Waals surface area contributed by atoms with E-state index in [1.807, 2.05) is 25.1 Å². The summed E-state index contributed by atoms with van der Waals surface area (Å²) in [6.07, 6.45) is 3.28. The molecule has 1 N–H and O–H groups in total. The second kappa shape index (κ2) is 7.11. The summed E-state index contributed by atoms with van der Waals surface area (Å²) in [5.41, 5.74) is 3.31. The predicted molar refractivity (Wildman–Crippen MR) is 120 cm³/mol. The Hall–Kier alpha value is -3.36. The molecule has 0 aliphatic carbocycles. The first kappa shape index (κ1) is 19.6. The number of aryl methyl sites for hydroxylation is 1. The molecule has 156 valence electrons. The van der Waals surface area contributed by atoms with Crippen molar-refractivity contribution < 1.29 is 13.2 Å². The Kier molecular flexibility index (Phi) is 4.49. The number of ether oxygens (including phenoxy) is 1. The van der Waals surface area contributed by atoms with Crippen LogP contribution in [0.3, 0.4) is 0 Å². The zero-order valence-corrected chi connectivity index (χ0v) is 18.2. The number of nitrogens with one attached hydrogen (secondary N) is 1. The molecular weight excluding hydrogens is 436 g/mol. The van der Waals surface area contributed by atoms with Crippen molar-refractivity contribution in [3.63, 3.8) is 0 Å². The molecule has 0 unspecified atom stereocenters. The van der Waals surface area contributed by atoms with Gasteiger partial charge in [0.15, 0.2) is 5.65 Å². The quantitative estimate of drug-likeness (QED) is 0.396. The number of rotatable bonds is 4. The summed E-state index contributed by atoms with van der Waals surface area (Å²) in [4.78, 5) is 12.0. The summed E-state index contributed by atoms with van der Waals surface area (Å²) in [6, 6.07) is 14.0. The predicted octanol–water partition coefficient (Wildman–Crippen LogP) is 4.79. The first-order valence-electron chi connectivity index (χ1n) is 9.41. The minimum atomic E-state index is -3.85. The van der Waals surface area contributed by atoms with Gasteiger partial charge in [-0.15, -0.1) is 0 Å². The Bertz CT molecular complexity index is 1550. The first-order chi connectivity index (χ1) is 14.9. The normalized spacial score (nSPS) is 12.0. The van der Waals surface area contributed by atoms with E-state index >= 15 is 0 Å². The topological polar surface area (TPSA) is 89.9 Å². The van der Waals surface area contributed by atoms with E-state index in [1.165, 1.54) is 6.20 Å². The molecule has 5 rings (SSSR count). The molecule has 3 heterocycles. The fraction of sp³-hybridized carbons (Fsp3) is 0.0909. The second-order valence-electron chi connectivity index (χ2n) is 7.09. The summed E-state index contributed by atoms with van der Waals surface area (Å²) in [6.45, 7) is 1.90. The van der Waals surface area contributed by atoms with Crippen molar-refractivity contribution in [2.75, 3.05) is 7.11 Å². The molecular formula is C22H17ClN4O3S. The average molecular weight is 453 g/mol. The van der Waals surface area contributed by atoms with Gasteiger partial charge in [-0.3, -0.25) is 0 Å². The average Bonchev–Trinajstić information content (AvgIpc) is 3.38. The Labute approximate surface area is 183 Å². The van der Waals surface area contributed by atoms with Gasteiger partial charge in [-0.1, -0.05) is 29.8 Å². The zero-order chi connectivity index (χ0) is 21.8. The second-order valence-corrected chi connectivity index (χ2v) is 9.25. The molecule has 0 saturated carbocycles. The maximum absolute atomic E-state index is 13.3. The van der Waals surface area contributed by atoms with E-state index in [2.05, 4.69) is 15.0 Å². The largest absolute Gasteiger partial charge is 0.495 e. The first-order valence-corrected chi connectivity index (χ1v) is 11.2. The summed E-state index contributed by atoms with van der Waals surface area (Å²) in [7, 11) is -2.25. The lowest BCUT2D eigenvalue weighted by molar-refractivity contribution is 0.419. The molecule has 31 heavy (non-hydrogen) atoms. The van der Waals surface area contributed by atoms with Crippen molar-refractivity contribution in [2.45, 2.75) is 11.8 Å². The summed E-state index contributed by atoms with van der Waals surface area (Å²) in [5, 5.41) is 1.41. The third-order valence-corrected chi connectivity index (χ3v) is 7.06. The van der Waals surface area contributed by atoms with Gasteiger partial charge in [-0.05, 0) is 42.8 Å². The van der Waals surface area contributed by atoms with Crippen molar-refractivity contribution in [1.29, 1.82) is 0 Å². The van der Waals surface area contributed by atoms with Crippen LogP contribution in [0.4, 0.5) is 0 Å². The van der Waals surface area contributed by atoms with Crippen molar-refractivity contribution >= 4 is 43.6 Å². The number of aromatic nitrogens is 4. The minimum Gasteiger partial charge on any atom is -0.495 e. The van der Waals surface area contributed by atoms with Crippen LogP contribution >= 0.6 is 11.6 Å². The highest BCUT2D eigenvalue weighted by atomic mass is 35.5. The van der Waals surface area contributed by atoms with Crippen LogP contribution in [0.15, 0.2) is 65.8 Å². The highest BCUT2D eigenvalue weighted by molar-refractivity contribution is 7.90. The molecule has 0 aliphatic rings. The lowest BCUT2D eigenvalue weighted by Gasteiger charge is -2.09. The van der Waals surface area contributed by atoms with E-state index in [-0.39, 0.29) is 15.8 Å². The lowest BCUT2D eigenvalue weighted by Crippen LogP contribution is -2.12. The molecule has 5 aromatic rings. The van der Waals surface area contributed by atoms with Gasteiger partial charge in [-0.2, -0.15) is 4.98 Å². The number of para-hydroxylation sites is 1. The van der Waals surface area contributed by atoms with Crippen LogP contribution in [0.5, 0.6) is 5.75 Å². The molecule has 0 spiro atoms. The smallest absolute Gasteiger partial charge is 0.269 e. The van der Waals surface area contributed by atoms with Crippen molar-refractivity contribution in [2.24, 2.45) is 0 Å². The van der Waals surface area contributed by atoms with Crippen LogP contribution < -0.4 is 4.74 Å². The Morgan fingerprint density at radius 1 is 1.03 bits per heavy atom. The van der Waals surface area contributed by atoms with E-state index in [9.17, 15) is 8.42 Å². The number of hydrogen-bond donors (Lipinski definition) is 1. The fourth-order valence-electron chi connectivity index (χ4n) is 3.68. The molecule has 0 bridgehead atoms. The van der Waals surface area contributed by atoms with E-state index < -0.39 is 10.0 Å². The maximum Gasteiger partial charge on any atom is 0.269 e. The molecule has 0 atom stereocenters. The van der Waals surface area contributed by atoms with Crippen LogP contribution in [-0.4, -0.2) is 34.5 Å². The number of hydrogen-bond acceptors (Lipinski definition) is 5. The molecule has 3 aromatic heterocycles. The molecule has 0 saturated heterocycles. The van der Waals surface area contributed by atoms with Crippen LogP contribution in [0.1, 0.15) is 5.56 Å². The van der Waals surface area contributed by atoms with Gasteiger partial charge in [0.1, 0.15) is 5.75 Å². The number of benzene rings is 2. The maximum atomic E-state index is 13.3. The third-order valence-electron chi connectivity index (χ3n) is 5.21. The fourth-order valence-corrected chi connectivity index (χ4v) is 5.14. The molecule has 0 fully saturated rings. The SMILES string of the molecule is COc1cccc2c(-c3nc(Cl)nc4c3ccn4S(=O)(=O)c3ccc(C)cc3)c[nH]c12. The van der Waals surface area contributed by atoms with E-state index in [4.69, 9.17) is 16.3 Å². The van der Waals surface area contributed by atoms with Crippen LogP contribution in [0, 0.1) is 6.92 Å². The molecule has 0 amide bonds. The van der Waals surface area contributed by atoms with Gasteiger partial charge in [0.05, 0.1) is 23.2 Å². The molecule has 0 radical (unpaired) electrons. The molecule has 9 heteroatoms. The monoisotopic (exact) mass is 452 g/mol. The van der Waals surface area contributed by atoms with Gasteiger partial charge in [0.25, 0.3) is 10.0 Å². The summed E-state index contributed by atoms with van der Waals surface area (Å²) < 4.78 is 33.1. The van der Waals surface area contributed by atoms with E-state index in [1.54, 1.807) is 43.6 Å². The van der Waals surface area contributed by atoms with E-state index in [0.29, 0.717) is 16.8 Å². The standard InChI is InChI=1S/C22H17ClN4O3S/c1-13-6-8-14(9-7-13)31(28,29)27-11-10-16-19(25-22(23)26-21(16)27)17-12-24-20-15(17)4-3-5-18(20)30-2/h3-12,24H,1-2H3. The third kappa shape index (κ3) is 3.07. The summed E-state index contributed by atoms with van der Waals surface area (Å²) in [5.74, 6) is 0.694. The number of H-pyrrole nitrogens is 1. The number of nitrogens with zero attached hydrogens (tertiary/aromatic N) is 3. The molecule has 7 nitrogen and oxygen atoms in total. The van der Waals surface area contributed by atoms with Gasteiger partial charge >= 0.3 is 0 Å². The Balaban J connectivity index is 1.75. The van der Waals surface area contributed by atoms with Crippen molar-refractivity contribution in [3.8, 4) is 17.0 Å². The number of methoxy groups -OCH3 is 1. The number of fused-ring (bicyclic) bond motifs is 2. The Morgan fingerprint density at radius 2 is 1.81 bits per heavy atom. The minimum absolute atomic E-state index is 0.0428. The van der Waals surface area contributed by atoms with E-state index in [0.717, 1.165) is 26.0 Å².